The summed E-state index contributed by atoms with van der Waals surface area (Å²) in [5, 5.41) is 2.42. The number of fused-ring (bicyclic) bond motifs is 2. The van der Waals surface area contributed by atoms with Gasteiger partial charge in [-0.05, 0) is 75.1 Å². The van der Waals surface area contributed by atoms with Gasteiger partial charge in [-0.25, -0.2) is 13.2 Å². The zero-order valence-corrected chi connectivity index (χ0v) is 31.4. The van der Waals surface area contributed by atoms with Gasteiger partial charge < -0.3 is 18.5 Å². The van der Waals surface area contributed by atoms with Crippen LogP contribution in [0.15, 0.2) is 47.5 Å². The Morgan fingerprint density at radius 1 is 0.957 bits per heavy atom. The lowest BCUT2D eigenvalue weighted by molar-refractivity contribution is -0.118. The van der Waals surface area contributed by atoms with Gasteiger partial charge in [0.05, 0.1) is 15.4 Å². The maximum Gasteiger partial charge on any atom is 0.410 e. The van der Waals surface area contributed by atoms with E-state index in [0.717, 1.165) is 27.7 Å². The molecule has 0 aliphatic carbocycles. The first-order chi connectivity index (χ1) is 21.9. The quantitative estimate of drug-likeness (QED) is 0.262. The van der Waals surface area contributed by atoms with E-state index in [2.05, 4.69) is 50.2 Å². The van der Waals surface area contributed by atoms with Gasteiger partial charge in [0.1, 0.15) is 11.6 Å². The van der Waals surface area contributed by atoms with Crippen molar-refractivity contribution in [1.29, 1.82) is 0 Å². The fourth-order valence-corrected chi connectivity index (χ4v) is 14.3. The van der Waals surface area contributed by atoms with Gasteiger partial charge in [0, 0.05) is 52.7 Å². The predicted molar refractivity (Wildman–Crippen MR) is 193 cm³/mol. The highest BCUT2D eigenvalue weighted by Crippen LogP contribution is 2.63. The summed E-state index contributed by atoms with van der Waals surface area (Å²) in [5.74, 6) is -0.282. The molecule has 2 aromatic carbocycles. The van der Waals surface area contributed by atoms with Crippen molar-refractivity contribution in [3.63, 3.8) is 0 Å². The third-order valence-corrected chi connectivity index (χ3v) is 16.6. The average Bonchev–Trinajstić information content (AvgIpc) is 3.49. The number of carbonyl (C=O) groups excluding carboxylic acids is 2. The van der Waals surface area contributed by atoms with E-state index in [1.165, 1.54) is 0 Å². The van der Waals surface area contributed by atoms with E-state index in [0.29, 0.717) is 53.2 Å². The van der Waals surface area contributed by atoms with Gasteiger partial charge in [0.15, 0.2) is 0 Å². The first-order valence-corrected chi connectivity index (χ1v) is 20.1. The second-order valence-corrected chi connectivity index (χ2v) is 21.2. The second-order valence-electron chi connectivity index (χ2n) is 14.4. The summed E-state index contributed by atoms with van der Waals surface area (Å²) in [4.78, 5) is 29.6. The number of halogens is 1. The molecule has 3 aromatic rings. The molecule has 12 heteroatoms. The van der Waals surface area contributed by atoms with Gasteiger partial charge in [0.2, 0.25) is 15.9 Å². The van der Waals surface area contributed by atoms with E-state index in [1.807, 2.05) is 45.2 Å². The Balaban J connectivity index is 1.36. The lowest BCUT2D eigenvalue weighted by Gasteiger charge is -2.52. The van der Waals surface area contributed by atoms with Crippen molar-refractivity contribution >= 4 is 60.4 Å². The normalized spacial score (nSPS) is 18.1. The minimum Gasteiger partial charge on any atom is -0.444 e. The number of benzene rings is 2. The Kier molecular flexibility index (Phi) is 9.80. The molecule has 0 saturated carbocycles. The number of amides is 2. The maximum absolute atomic E-state index is 13.8. The Morgan fingerprint density at radius 2 is 1.62 bits per heavy atom. The Morgan fingerprint density at radius 3 is 2.23 bits per heavy atom. The third kappa shape index (κ3) is 6.65. The van der Waals surface area contributed by atoms with E-state index in [4.69, 9.17) is 16.3 Å². The van der Waals surface area contributed by atoms with Crippen LogP contribution in [0.2, 0.25) is 5.02 Å². The summed E-state index contributed by atoms with van der Waals surface area (Å²) in [6, 6.07) is 9.96. The molecule has 2 aliphatic heterocycles. The molecule has 2 aliphatic rings. The molecule has 0 unspecified atom stereocenters. The van der Waals surface area contributed by atoms with Gasteiger partial charge in [-0.15, -0.1) is 0 Å². The van der Waals surface area contributed by atoms with E-state index in [9.17, 15) is 18.0 Å². The second kappa shape index (κ2) is 12.9. The third-order valence-electron chi connectivity index (χ3n) is 9.28. The molecule has 258 valence electrons. The van der Waals surface area contributed by atoms with Crippen LogP contribution in [-0.4, -0.2) is 69.8 Å². The summed E-state index contributed by atoms with van der Waals surface area (Å²) in [6.07, 6.45) is 2.63. The number of nitrogens with zero attached hydrogens (tertiary/aromatic N) is 3. The Hall–Kier alpha value is -2.73. The van der Waals surface area contributed by atoms with Crippen molar-refractivity contribution in [3.05, 3.63) is 58.7 Å². The van der Waals surface area contributed by atoms with Crippen molar-refractivity contribution < 1.29 is 22.7 Å². The van der Waals surface area contributed by atoms with Crippen molar-refractivity contribution in [2.75, 3.05) is 18.0 Å². The van der Waals surface area contributed by atoms with Crippen LogP contribution in [0, 0.1) is 0 Å². The fourth-order valence-electron chi connectivity index (χ4n) is 7.37. The van der Waals surface area contributed by atoms with Crippen molar-refractivity contribution in [2.45, 2.75) is 114 Å². The number of anilines is 1. The van der Waals surface area contributed by atoms with Crippen molar-refractivity contribution in [3.8, 4) is 0 Å². The van der Waals surface area contributed by atoms with Gasteiger partial charge in [-0.1, -0.05) is 59.2 Å². The molecule has 0 radical (unpaired) electrons. The number of aromatic nitrogens is 1. The summed E-state index contributed by atoms with van der Waals surface area (Å²) in [7, 11) is -5.48. The molecule has 0 bridgehead atoms. The lowest BCUT2D eigenvalue weighted by atomic mass is 9.99. The topological polar surface area (TPSA) is 101 Å². The summed E-state index contributed by atoms with van der Waals surface area (Å²) < 4.78 is 38.1. The lowest BCUT2D eigenvalue weighted by Crippen LogP contribution is -2.41. The number of rotatable bonds is 8. The van der Waals surface area contributed by atoms with Crippen LogP contribution in [0.5, 0.6) is 0 Å². The highest BCUT2D eigenvalue weighted by Gasteiger charge is 2.39. The molecule has 1 saturated heterocycles. The van der Waals surface area contributed by atoms with Crippen LogP contribution in [0.4, 0.5) is 10.5 Å². The molecule has 5 rings (SSSR count). The summed E-state index contributed by atoms with van der Waals surface area (Å²) in [5.41, 5.74) is 3.03. The maximum atomic E-state index is 13.8. The summed E-state index contributed by atoms with van der Waals surface area (Å²) >= 11 is 6.74. The number of hydrogen-bond acceptors (Lipinski definition) is 5. The highest BCUT2D eigenvalue weighted by atomic mass is 35.5. The van der Waals surface area contributed by atoms with Crippen LogP contribution in [-0.2, 0) is 32.5 Å². The zero-order chi connectivity index (χ0) is 34.6. The molecule has 2 amide bonds. The van der Waals surface area contributed by atoms with Gasteiger partial charge in [-0.2, -0.15) is 14.9 Å². The molecular formula is C35H49ClN4O5S2. The van der Waals surface area contributed by atoms with Crippen molar-refractivity contribution in [1.82, 2.24) is 13.6 Å². The standard InChI is InChI=1S/C35H49ClN4O5S2/c1-22(2)46(23(3)4,24(5)6)40-21-30(36)29-13-12-28(19-32(29)40)47(43,44)37-31-15-17-39(33(31)41)27-11-10-26-20-38(16-14-25(26)18-27)34(42)45-35(7,8)9/h10-13,18-19,21-24,31,37H,14-17,20H2,1-9H3/t31-/m0/s1. The van der Waals surface area contributed by atoms with Crippen molar-refractivity contribution in [2.24, 2.45) is 0 Å². The molecular weight excluding hydrogens is 656 g/mol. The molecule has 1 N–H and O–H groups in total. The minimum absolute atomic E-state index is 0.111. The Bertz CT molecular complexity index is 1770. The van der Waals surface area contributed by atoms with Crippen LogP contribution < -0.4 is 9.62 Å². The Labute approximate surface area is 286 Å². The molecule has 3 heterocycles. The monoisotopic (exact) mass is 704 g/mol. The highest BCUT2D eigenvalue weighted by molar-refractivity contribution is 8.33. The van der Waals surface area contributed by atoms with E-state index < -0.39 is 31.9 Å². The molecule has 1 fully saturated rings. The number of hydrogen-bond donors (Lipinski definition) is 1. The minimum atomic E-state index is -4.02. The first kappa shape index (κ1) is 35.6. The number of ether oxygens (including phenoxy) is 1. The van der Waals surface area contributed by atoms with Gasteiger partial charge in [-0.3, -0.25) is 4.79 Å². The number of carbonyl (C=O) groups is 2. The molecule has 1 aromatic heterocycles. The number of sulfonamides is 1. The first-order valence-electron chi connectivity index (χ1n) is 16.4. The molecule has 9 nitrogen and oxygen atoms in total. The van der Waals surface area contributed by atoms with Crippen LogP contribution in [0.1, 0.15) is 79.9 Å². The zero-order valence-electron chi connectivity index (χ0n) is 29.0. The smallest absolute Gasteiger partial charge is 0.410 e. The molecule has 1 atom stereocenters. The predicted octanol–water partition coefficient (Wildman–Crippen LogP) is 7.46. The van der Waals surface area contributed by atoms with Crippen LogP contribution in [0.3, 0.4) is 0 Å². The molecule has 0 spiro atoms. The summed E-state index contributed by atoms with van der Waals surface area (Å²) in [6.45, 7) is 20.3. The van der Waals surface area contributed by atoms with Gasteiger partial charge >= 0.3 is 6.09 Å². The van der Waals surface area contributed by atoms with E-state index >= 15 is 0 Å². The van der Waals surface area contributed by atoms with Crippen LogP contribution in [0.25, 0.3) is 10.9 Å². The fraction of sp³-hybridized carbons (Fsp3) is 0.543. The SMILES string of the molecule is CC(C)S(C(C)C)(C(C)C)n1cc(Cl)c2ccc(S(=O)(=O)N[C@H]3CCN(c4ccc5c(c4)CCN(C(=O)OC(C)(C)C)C5)C3=O)cc21. The number of nitrogens with one attached hydrogen (secondary N) is 1. The largest absolute Gasteiger partial charge is 0.444 e. The molecule has 47 heavy (non-hydrogen) atoms. The van der Waals surface area contributed by atoms with E-state index in [-0.39, 0.29) is 16.9 Å². The average molecular weight is 705 g/mol. The van der Waals surface area contributed by atoms with E-state index in [1.54, 1.807) is 28.0 Å². The van der Waals surface area contributed by atoms with Gasteiger partial charge in [0.25, 0.3) is 0 Å². The van der Waals surface area contributed by atoms with Crippen LogP contribution >= 0.6 is 21.8 Å².